The molecule has 6 heteroatoms. The Balaban J connectivity index is 4.40. The van der Waals surface area contributed by atoms with Crippen LogP contribution in [-0.2, 0) is 28.6 Å². The molecule has 0 saturated carbocycles. The predicted molar refractivity (Wildman–Crippen MR) is 251 cm³/mol. The maximum Gasteiger partial charge on any atom is 0.306 e. The second-order valence-electron chi connectivity index (χ2n) is 15.6. The predicted octanol–water partition coefficient (Wildman–Crippen LogP) is 15.6. The lowest BCUT2D eigenvalue weighted by molar-refractivity contribution is -0.167. The minimum Gasteiger partial charge on any atom is -0.462 e. The van der Waals surface area contributed by atoms with Crippen molar-refractivity contribution in [3.8, 4) is 0 Å². The van der Waals surface area contributed by atoms with Crippen molar-refractivity contribution < 1.29 is 28.6 Å². The molecule has 0 fully saturated rings. The standard InChI is InChI=1S/C53H88O6/c1-4-7-10-13-16-19-22-23-24-25-26-27-28-29-32-34-37-40-43-46-52(55)58-49-50(59-53(56)47-44-41-38-35-31-21-18-15-12-9-6-3)48-57-51(54)45-42-39-36-33-30-20-17-14-11-8-5-2/h7,9-10,12,16,18-19,21,23-24,26-27,35,38,50H,4-6,8,11,13-15,17,20,22,25,28-34,36-37,39-49H2,1-3H3/b10-7-,12-9-,19-16-,21-18-,24-23-,27-26-,38-35-. The number of carbonyl (C=O) groups is 3. The highest BCUT2D eigenvalue weighted by atomic mass is 16.6. The van der Waals surface area contributed by atoms with Crippen LogP contribution in [0.2, 0.25) is 0 Å². The third-order valence-electron chi connectivity index (χ3n) is 9.90. The van der Waals surface area contributed by atoms with E-state index in [-0.39, 0.29) is 37.5 Å². The molecule has 1 atom stereocenters. The van der Waals surface area contributed by atoms with Gasteiger partial charge in [-0.25, -0.2) is 0 Å². The Kier molecular flexibility index (Phi) is 44.5. The number of carbonyl (C=O) groups excluding carboxylic acids is 3. The molecule has 0 aliphatic rings. The van der Waals surface area contributed by atoms with Crippen molar-refractivity contribution in [2.24, 2.45) is 0 Å². The van der Waals surface area contributed by atoms with Crippen molar-refractivity contribution in [1.29, 1.82) is 0 Å². The monoisotopic (exact) mass is 821 g/mol. The van der Waals surface area contributed by atoms with E-state index in [9.17, 15) is 14.4 Å². The summed E-state index contributed by atoms with van der Waals surface area (Å²) in [5.41, 5.74) is 0. The highest BCUT2D eigenvalue weighted by Crippen LogP contribution is 2.14. The molecule has 1 unspecified atom stereocenters. The average Bonchev–Trinajstić information content (AvgIpc) is 3.23. The van der Waals surface area contributed by atoms with E-state index in [2.05, 4.69) is 106 Å². The number of esters is 3. The lowest BCUT2D eigenvalue weighted by Crippen LogP contribution is -2.30. The van der Waals surface area contributed by atoms with Crippen molar-refractivity contribution in [1.82, 2.24) is 0 Å². The molecule has 0 rings (SSSR count). The lowest BCUT2D eigenvalue weighted by Gasteiger charge is -2.18. The van der Waals surface area contributed by atoms with E-state index in [1.54, 1.807) is 0 Å². The van der Waals surface area contributed by atoms with Crippen LogP contribution in [0.5, 0.6) is 0 Å². The fourth-order valence-corrected chi connectivity index (χ4v) is 6.34. The SMILES string of the molecule is CC/C=C\C/C=C\C/C=C\C/C=C\CCCCCCCCC(=O)OCC(COC(=O)CCCCCCCCCCCCC)OC(=O)CCC/C=C\C/C=C\C/C=C\CC. The summed E-state index contributed by atoms with van der Waals surface area (Å²) in [6.07, 6.45) is 60.0. The van der Waals surface area contributed by atoms with Crippen LogP contribution < -0.4 is 0 Å². The first kappa shape index (κ1) is 55.6. The fraction of sp³-hybridized carbons (Fsp3) is 0.679. The first-order chi connectivity index (χ1) is 29.0. The van der Waals surface area contributed by atoms with Gasteiger partial charge in [0.15, 0.2) is 6.10 Å². The van der Waals surface area contributed by atoms with Gasteiger partial charge in [-0.3, -0.25) is 14.4 Å². The van der Waals surface area contributed by atoms with Crippen LogP contribution in [0.4, 0.5) is 0 Å². The van der Waals surface area contributed by atoms with Crippen LogP contribution >= 0.6 is 0 Å². The molecule has 0 aromatic heterocycles. The lowest BCUT2D eigenvalue weighted by atomic mass is 10.1. The summed E-state index contributed by atoms with van der Waals surface area (Å²) in [6, 6.07) is 0. The van der Waals surface area contributed by atoms with Gasteiger partial charge < -0.3 is 14.2 Å². The van der Waals surface area contributed by atoms with Crippen molar-refractivity contribution in [2.75, 3.05) is 13.2 Å². The molecule has 0 N–H and O–H groups in total. The zero-order chi connectivity index (χ0) is 43.0. The summed E-state index contributed by atoms with van der Waals surface area (Å²) < 4.78 is 16.7. The van der Waals surface area contributed by atoms with Gasteiger partial charge >= 0.3 is 17.9 Å². The van der Waals surface area contributed by atoms with E-state index in [1.807, 2.05) is 0 Å². The molecule has 0 aliphatic carbocycles. The van der Waals surface area contributed by atoms with Crippen molar-refractivity contribution >= 4 is 17.9 Å². The molecule has 0 saturated heterocycles. The van der Waals surface area contributed by atoms with E-state index in [0.717, 1.165) is 103 Å². The molecule has 336 valence electrons. The van der Waals surface area contributed by atoms with Crippen molar-refractivity contribution in [3.63, 3.8) is 0 Å². The van der Waals surface area contributed by atoms with Crippen LogP contribution in [0.25, 0.3) is 0 Å². The van der Waals surface area contributed by atoms with E-state index in [1.165, 1.54) is 64.2 Å². The molecule has 6 nitrogen and oxygen atoms in total. The number of hydrogen-bond acceptors (Lipinski definition) is 6. The molecule has 59 heavy (non-hydrogen) atoms. The van der Waals surface area contributed by atoms with Crippen molar-refractivity contribution in [3.05, 3.63) is 85.1 Å². The number of allylic oxidation sites excluding steroid dienone is 14. The van der Waals surface area contributed by atoms with Gasteiger partial charge in [-0.05, 0) is 83.5 Å². The molecular weight excluding hydrogens is 733 g/mol. The third-order valence-corrected chi connectivity index (χ3v) is 9.90. The smallest absolute Gasteiger partial charge is 0.306 e. The van der Waals surface area contributed by atoms with Crippen LogP contribution in [0.15, 0.2) is 85.1 Å². The van der Waals surface area contributed by atoms with Crippen LogP contribution in [0.3, 0.4) is 0 Å². The number of rotatable bonds is 42. The van der Waals surface area contributed by atoms with Gasteiger partial charge in [-0.1, -0.05) is 196 Å². The minimum atomic E-state index is -0.805. The second kappa shape index (κ2) is 47.3. The molecule has 0 heterocycles. The summed E-state index contributed by atoms with van der Waals surface area (Å²) in [5, 5.41) is 0. The fourth-order valence-electron chi connectivity index (χ4n) is 6.34. The summed E-state index contributed by atoms with van der Waals surface area (Å²) >= 11 is 0. The van der Waals surface area contributed by atoms with Gasteiger partial charge in [0.1, 0.15) is 13.2 Å². The molecule has 0 aromatic carbocycles. The summed E-state index contributed by atoms with van der Waals surface area (Å²) in [4.78, 5) is 37.8. The zero-order valence-corrected chi connectivity index (χ0v) is 38.2. The average molecular weight is 821 g/mol. The van der Waals surface area contributed by atoms with Gasteiger partial charge in [0, 0.05) is 19.3 Å². The van der Waals surface area contributed by atoms with Gasteiger partial charge in [-0.15, -0.1) is 0 Å². The summed E-state index contributed by atoms with van der Waals surface area (Å²) in [5.74, 6) is -0.976. The van der Waals surface area contributed by atoms with Crippen LogP contribution in [-0.4, -0.2) is 37.2 Å². The van der Waals surface area contributed by atoms with E-state index >= 15 is 0 Å². The Morgan fingerprint density at radius 2 is 0.678 bits per heavy atom. The molecule has 0 radical (unpaired) electrons. The number of unbranched alkanes of at least 4 members (excludes halogenated alkanes) is 17. The highest BCUT2D eigenvalue weighted by molar-refractivity contribution is 5.71. The van der Waals surface area contributed by atoms with E-state index < -0.39 is 6.10 Å². The van der Waals surface area contributed by atoms with Crippen LogP contribution in [0.1, 0.15) is 213 Å². The van der Waals surface area contributed by atoms with Gasteiger partial charge in [0.2, 0.25) is 0 Å². The molecular formula is C53H88O6. The number of ether oxygens (including phenoxy) is 3. The largest absolute Gasteiger partial charge is 0.462 e. The Morgan fingerprint density at radius 1 is 0.356 bits per heavy atom. The summed E-state index contributed by atoms with van der Waals surface area (Å²) in [7, 11) is 0. The molecule has 0 spiro atoms. The van der Waals surface area contributed by atoms with Gasteiger partial charge in [0.05, 0.1) is 0 Å². The third kappa shape index (κ3) is 45.5. The maximum atomic E-state index is 12.7. The minimum absolute atomic E-state index is 0.101. The van der Waals surface area contributed by atoms with Gasteiger partial charge in [0.25, 0.3) is 0 Å². The second-order valence-corrected chi connectivity index (χ2v) is 15.6. The first-order valence-corrected chi connectivity index (χ1v) is 24.1. The van der Waals surface area contributed by atoms with Crippen molar-refractivity contribution in [2.45, 2.75) is 219 Å². The molecule has 0 aromatic rings. The quantitative estimate of drug-likeness (QED) is 0.0264. The summed E-state index contributed by atoms with van der Waals surface area (Å²) in [6.45, 7) is 6.33. The normalized spacial score (nSPS) is 12.8. The van der Waals surface area contributed by atoms with E-state index in [0.29, 0.717) is 19.3 Å². The molecule has 0 aliphatic heterocycles. The Morgan fingerprint density at radius 3 is 1.08 bits per heavy atom. The first-order valence-electron chi connectivity index (χ1n) is 24.1. The Labute approximate surface area is 363 Å². The Bertz CT molecular complexity index is 1170. The molecule has 0 amide bonds. The van der Waals surface area contributed by atoms with Crippen LogP contribution in [0, 0.1) is 0 Å². The molecule has 0 bridgehead atoms. The maximum absolute atomic E-state index is 12.7. The van der Waals surface area contributed by atoms with E-state index in [4.69, 9.17) is 14.2 Å². The topological polar surface area (TPSA) is 78.9 Å². The number of hydrogen-bond donors (Lipinski definition) is 0. The van der Waals surface area contributed by atoms with Gasteiger partial charge in [-0.2, -0.15) is 0 Å². The zero-order valence-electron chi connectivity index (χ0n) is 38.2. The Hall–Kier alpha value is -3.41. The highest BCUT2D eigenvalue weighted by Gasteiger charge is 2.19.